The van der Waals surface area contributed by atoms with Crippen molar-refractivity contribution < 1.29 is 9.53 Å². The first-order valence-corrected chi connectivity index (χ1v) is 9.40. The van der Waals surface area contributed by atoms with Gasteiger partial charge >= 0.3 is 6.03 Å². The van der Waals surface area contributed by atoms with Crippen LogP contribution in [0.1, 0.15) is 25.3 Å². The van der Waals surface area contributed by atoms with Crippen LogP contribution in [0, 0.1) is 5.92 Å². The van der Waals surface area contributed by atoms with Gasteiger partial charge in [-0.3, -0.25) is 5.32 Å². The Hall–Kier alpha value is -1.76. The minimum absolute atomic E-state index is 0.0812. The molecule has 0 bridgehead atoms. The normalized spacial score (nSPS) is 16.3. The lowest BCUT2D eigenvalue weighted by Crippen LogP contribution is -2.42. The van der Waals surface area contributed by atoms with E-state index in [4.69, 9.17) is 27.9 Å². The van der Waals surface area contributed by atoms with Crippen LogP contribution in [0.3, 0.4) is 0 Å². The fraction of sp³-hybridized carbons (Fsp3) is 0.444. The third kappa shape index (κ3) is 4.69. The molecule has 140 valence electrons. The second kappa shape index (κ2) is 8.75. The molecule has 1 aromatic heterocycles. The summed E-state index contributed by atoms with van der Waals surface area (Å²) in [7, 11) is 0. The zero-order valence-electron chi connectivity index (χ0n) is 14.5. The molecule has 8 heteroatoms. The van der Waals surface area contributed by atoms with Gasteiger partial charge < -0.3 is 10.1 Å². The molecule has 0 saturated carbocycles. The number of carbonyl (C=O) groups is 1. The Kier molecular flexibility index (Phi) is 6.40. The summed E-state index contributed by atoms with van der Waals surface area (Å²) in [6.07, 6.45) is 3.56. The van der Waals surface area contributed by atoms with Crippen LogP contribution in [0.25, 0.3) is 0 Å². The molecule has 1 atom stereocenters. The number of urea groups is 1. The van der Waals surface area contributed by atoms with Gasteiger partial charge in [0.05, 0.1) is 22.8 Å². The summed E-state index contributed by atoms with van der Waals surface area (Å²) in [5.74, 6) is 1.03. The van der Waals surface area contributed by atoms with Gasteiger partial charge in [0.25, 0.3) is 0 Å². The maximum Gasteiger partial charge on any atom is 0.320 e. The average Bonchev–Trinajstić information content (AvgIpc) is 3.06. The maximum atomic E-state index is 12.3. The molecular weight excluding hydrogens is 375 g/mol. The number of aromatic nitrogens is 2. The van der Waals surface area contributed by atoms with E-state index in [2.05, 4.69) is 15.7 Å². The number of anilines is 1. The second-order valence-electron chi connectivity index (χ2n) is 6.42. The molecule has 2 amide bonds. The van der Waals surface area contributed by atoms with Gasteiger partial charge in [-0.15, -0.1) is 0 Å². The Morgan fingerprint density at radius 3 is 2.88 bits per heavy atom. The number of nitrogens with one attached hydrogen (secondary N) is 2. The minimum Gasteiger partial charge on any atom is -0.381 e. The number of amides is 2. The first-order valence-electron chi connectivity index (χ1n) is 8.64. The van der Waals surface area contributed by atoms with Gasteiger partial charge in [0.2, 0.25) is 0 Å². The third-order valence-corrected chi connectivity index (χ3v) is 5.50. The Morgan fingerprint density at radius 2 is 2.12 bits per heavy atom. The number of halogens is 2. The van der Waals surface area contributed by atoms with E-state index in [1.54, 1.807) is 23.0 Å². The van der Waals surface area contributed by atoms with E-state index in [0.717, 1.165) is 31.6 Å². The van der Waals surface area contributed by atoms with Crippen LogP contribution in [0.5, 0.6) is 0 Å². The molecule has 1 saturated heterocycles. The largest absolute Gasteiger partial charge is 0.381 e. The number of benzene rings is 1. The van der Waals surface area contributed by atoms with Gasteiger partial charge in [-0.25, -0.2) is 9.48 Å². The minimum atomic E-state index is -0.247. The quantitative estimate of drug-likeness (QED) is 0.796. The van der Waals surface area contributed by atoms with Crippen molar-refractivity contribution in [2.24, 2.45) is 5.92 Å². The summed E-state index contributed by atoms with van der Waals surface area (Å²) in [6.45, 7) is 3.95. The van der Waals surface area contributed by atoms with Crippen molar-refractivity contribution in [2.75, 3.05) is 18.5 Å². The molecule has 1 aromatic carbocycles. The Labute approximate surface area is 162 Å². The molecule has 0 aliphatic carbocycles. The number of carbonyl (C=O) groups excluding carboxylic acids is 1. The number of nitrogens with zero attached hydrogens (tertiary/aromatic N) is 2. The highest BCUT2D eigenvalue weighted by Gasteiger charge is 2.22. The van der Waals surface area contributed by atoms with Gasteiger partial charge in [0.1, 0.15) is 5.82 Å². The van der Waals surface area contributed by atoms with E-state index in [1.807, 2.05) is 19.1 Å². The predicted molar refractivity (Wildman–Crippen MR) is 103 cm³/mol. The number of hydrogen-bond donors (Lipinski definition) is 2. The first-order chi connectivity index (χ1) is 12.5. The summed E-state index contributed by atoms with van der Waals surface area (Å²) >= 11 is 12.3. The van der Waals surface area contributed by atoms with Crippen molar-refractivity contribution in [3.63, 3.8) is 0 Å². The average molecular weight is 397 g/mol. The molecule has 6 nitrogen and oxygen atoms in total. The summed E-state index contributed by atoms with van der Waals surface area (Å²) < 4.78 is 7.05. The van der Waals surface area contributed by atoms with Crippen molar-refractivity contribution in [1.82, 2.24) is 15.1 Å². The van der Waals surface area contributed by atoms with Crippen LogP contribution in [0.2, 0.25) is 10.0 Å². The van der Waals surface area contributed by atoms with Crippen LogP contribution in [-0.2, 0) is 11.3 Å². The van der Waals surface area contributed by atoms with Crippen molar-refractivity contribution >= 4 is 35.1 Å². The molecule has 2 N–H and O–H groups in total. The van der Waals surface area contributed by atoms with E-state index in [1.165, 1.54) is 0 Å². The fourth-order valence-electron chi connectivity index (χ4n) is 3.09. The van der Waals surface area contributed by atoms with Crippen LogP contribution >= 0.6 is 23.2 Å². The SMILES string of the molecule is CC(NC(=O)Nc1ccnn1Cc1cccc(Cl)c1Cl)C1CCOCC1. The summed E-state index contributed by atoms with van der Waals surface area (Å²) in [4.78, 5) is 12.3. The molecule has 0 radical (unpaired) electrons. The Morgan fingerprint density at radius 1 is 1.35 bits per heavy atom. The van der Waals surface area contributed by atoms with Crippen LogP contribution < -0.4 is 10.6 Å². The van der Waals surface area contributed by atoms with E-state index >= 15 is 0 Å². The molecule has 3 rings (SSSR count). The van der Waals surface area contributed by atoms with Crippen molar-refractivity contribution in [1.29, 1.82) is 0 Å². The highest BCUT2D eigenvalue weighted by molar-refractivity contribution is 6.42. The molecule has 1 aliphatic heterocycles. The first kappa shape index (κ1) is 19.0. The number of hydrogen-bond acceptors (Lipinski definition) is 3. The third-order valence-electron chi connectivity index (χ3n) is 4.64. The lowest BCUT2D eigenvalue weighted by Gasteiger charge is -2.28. The van der Waals surface area contributed by atoms with E-state index in [-0.39, 0.29) is 12.1 Å². The molecular formula is C18H22Cl2N4O2. The molecule has 1 unspecified atom stereocenters. The van der Waals surface area contributed by atoms with Crippen LogP contribution in [0.4, 0.5) is 10.6 Å². The van der Waals surface area contributed by atoms with E-state index < -0.39 is 0 Å². The Balaban J connectivity index is 1.61. The van der Waals surface area contributed by atoms with Gasteiger partial charge in [-0.1, -0.05) is 35.3 Å². The van der Waals surface area contributed by atoms with Gasteiger partial charge in [0.15, 0.2) is 0 Å². The molecule has 2 aromatic rings. The maximum absolute atomic E-state index is 12.3. The summed E-state index contributed by atoms with van der Waals surface area (Å²) in [5.41, 5.74) is 0.835. The van der Waals surface area contributed by atoms with E-state index in [0.29, 0.717) is 28.3 Å². The van der Waals surface area contributed by atoms with Crippen molar-refractivity contribution in [2.45, 2.75) is 32.4 Å². The Bertz CT molecular complexity index is 759. The number of ether oxygens (including phenoxy) is 1. The summed E-state index contributed by atoms with van der Waals surface area (Å²) in [5, 5.41) is 11.1. The van der Waals surface area contributed by atoms with Crippen LogP contribution in [-0.4, -0.2) is 35.1 Å². The fourth-order valence-corrected chi connectivity index (χ4v) is 3.47. The number of rotatable bonds is 5. The molecule has 1 fully saturated rings. The lowest BCUT2D eigenvalue weighted by atomic mass is 9.93. The van der Waals surface area contributed by atoms with Gasteiger partial charge in [-0.2, -0.15) is 5.10 Å². The molecule has 26 heavy (non-hydrogen) atoms. The standard InChI is InChI=1S/C18H22Cl2N4O2/c1-12(13-6-9-26-10-7-13)22-18(25)23-16-5-8-21-24(16)11-14-3-2-4-15(19)17(14)20/h2-5,8,12-13H,6-7,9-11H2,1H3,(H2,22,23,25). The zero-order chi connectivity index (χ0) is 18.5. The lowest BCUT2D eigenvalue weighted by molar-refractivity contribution is 0.0573. The van der Waals surface area contributed by atoms with Crippen LogP contribution in [0.15, 0.2) is 30.5 Å². The predicted octanol–water partition coefficient (Wildman–Crippen LogP) is 4.17. The van der Waals surface area contributed by atoms with Crippen molar-refractivity contribution in [3.05, 3.63) is 46.1 Å². The van der Waals surface area contributed by atoms with Crippen molar-refractivity contribution in [3.8, 4) is 0 Å². The molecule has 0 spiro atoms. The highest BCUT2D eigenvalue weighted by atomic mass is 35.5. The summed E-state index contributed by atoms with van der Waals surface area (Å²) in [6, 6.07) is 7.04. The highest BCUT2D eigenvalue weighted by Crippen LogP contribution is 2.26. The van der Waals surface area contributed by atoms with Gasteiger partial charge in [0, 0.05) is 25.3 Å². The van der Waals surface area contributed by atoms with E-state index in [9.17, 15) is 4.79 Å². The topological polar surface area (TPSA) is 68.2 Å². The van der Waals surface area contributed by atoms with Gasteiger partial charge in [-0.05, 0) is 37.3 Å². The monoisotopic (exact) mass is 396 g/mol. The smallest absolute Gasteiger partial charge is 0.320 e. The zero-order valence-corrected chi connectivity index (χ0v) is 16.1. The molecule has 2 heterocycles. The molecule has 1 aliphatic rings. The second-order valence-corrected chi connectivity index (χ2v) is 7.21.